The van der Waals surface area contributed by atoms with Gasteiger partial charge in [-0.1, -0.05) is 6.07 Å². The molecular formula is C10H14N4O2. The number of carbonyl (C=O) groups is 1. The van der Waals surface area contributed by atoms with E-state index in [1.807, 2.05) is 6.07 Å². The van der Waals surface area contributed by atoms with Gasteiger partial charge in [-0.25, -0.2) is 5.84 Å². The maximum absolute atomic E-state index is 10.9. The summed E-state index contributed by atoms with van der Waals surface area (Å²) in [5, 5.41) is 1.15. The van der Waals surface area contributed by atoms with Crippen molar-refractivity contribution >= 4 is 11.7 Å². The van der Waals surface area contributed by atoms with E-state index in [2.05, 4.69) is 9.72 Å². The largest absolute Gasteiger partial charge is 0.468 e. The Morgan fingerprint density at radius 1 is 1.62 bits per heavy atom. The van der Waals surface area contributed by atoms with E-state index in [0.29, 0.717) is 11.4 Å². The zero-order valence-electron chi connectivity index (χ0n) is 8.96. The van der Waals surface area contributed by atoms with Crippen LogP contribution < -0.4 is 11.6 Å². The molecule has 0 aliphatic heterocycles. The summed E-state index contributed by atoms with van der Waals surface area (Å²) in [6, 6.07) is 5.34. The first kappa shape index (κ1) is 12.0. The molecule has 0 saturated carbocycles. The van der Waals surface area contributed by atoms with Gasteiger partial charge in [0.2, 0.25) is 0 Å². The Labute approximate surface area is 93.5 Å². The molecule has 86 valence electrons. The van der Waals surface area contributed by atoms with Crippen molar-refractivity contribution in [3.63, 3.8) is 0 Å². The molecule has 6 heteroatoms. The Hall–Kier alpha value is -2.08. The summed E-state index contributed by atoms with van der Waals surface area (Å²) in [5.41, 5.74) is 6.72. The highest BCUT2D eigenvalue weighted by Gasteiger charge is 2.05. The highest BCUT2D eigenvalue weighted by molar-refractivity contribution is 5.72. The van der Waals surface area contributed by atoms with E-state index in [9.17, 15) is 4.79 Å². The monoisotopic (exact) mass is 222 g/mol. The smallest absolute Gasteiger partial charge is 0.326 e. The summed E-state index contributed by atoms with van der Waals surface area (Å²) >= 11 is 0. The first-order valence-corrected chi connectivity index (χ1v) is 4.60. The van der Waals surface area contributed by atoms with E-state index < -0.39 is 5.97 Å². The van der Waals surface area contributed by atoms with Crippen LogP contribution in [0.3, 0.4) is 0 Å². The first-order chi connectivity index (χ1) is 7.63. The average Bonchev–Trinajstić information content (AvgIpc) is 2.29. The van der Waals surface area contributed by atoms with Gasteiger partial charge in [0.15, 0.2) is 0 Å². The first-order valence-electron chi connectivity index (χ1n) is 4.60. The van der Waals surface area contributed by atoms with E-state index in [1.54, 1.807) is 18.3 Å². The maximum Gasteiger partial charge on any atom is 0.326 e. The number of pyridine rings is 1. The van der Waals surface area contributed by atoms with Crippen LogP contribution in [-0.4, -0.2) is 29.6 Å². The summed E-state index contributed by atoms with van der Waals surface area (Å²) in [6.07, 6.45) is 3.05. The van der Waals surface area contributed by atoms with Crippen LogP contribution in [0.5, 0.6) is 0 Å². The lowest BCUT2D eigenvalue weighted by atomic mass is 10.3. The van der Waals surface area contributed by atoms with Crippen molar-refractivity contribution in [2.75, 3.05) is 13.7 Å². The van der Waals surface area contributed by atoms with Gasteiger partial charge in [-0.05, 0) is 12.1 Å². The molecule has 0 aliphatic rings. The van der Waals surface area contributed by atoms with E-state index in [-0.39, 0.29) is 6.54 Å². The third kappa shape index (κ3) is 3.58. The minimum absolute atomic E-state index is 0.0654. The fourth-order valence-corrected chi connectivity index (χ4v) is 1.04. The Morgan fingerprint density at radius 2 is 2.38 bits per heavy atom. The zero-order chi connectivity index (χ0) is 12.0. The molecule has 1 rings (SSSR count). The third-order valence-electron chi connectivity index (χ3n) is 1.80. The van der Waals surface area contributed by atoms with Gasteiger partial charge in [-0.3, -0.25) is 9.78 Å². The van der Waals surface area contributed by atoms with Gasteiger partial charge in [0.25, 0.3) is 0 Å². The fourth-order valence-electron chi connectivity index (χ4n) is 1.04. The van der Waals surface area contributed by atoms with E-state index in [0.717, 1.165) is 5.01 Å². The molecule has 4 N–H and O–H groups in total. The molecular weight excluding hydrogens is 208 g/mol. The zero-order valence-corrected chi connectivity index (χ0v) is 8.96. The van der Waals surface area contributed by atoms with Crippen molar-refractivity contribution in [3.05, 3.63) is 36.3 Å². The topological polar surface area (TPSA) is 94.5 Å². The molecule has 1 heterocycles. The van der Waals surface area contributed by atoms with Crippen LogP contribution in [0.25, 0.3) is 5.70 Å². The number of carbonyl (C=O) groups excluding carboxylic acids is 1. The third-order valence-corrected chi connectivity index (χ3v) is 1.80. The molecule has 0 radical (unpaired) electrons. The van der Waals surface area contributed by atoms with E-state index in [1.165, 1.54) is 13.3 Å². The van der Waals surface area contributed by atoms with Crippen LogP contribution in [0.2, 0.25) is 0 Å². The van der Waals surface area contributed by atoms with Crippen LogP contribution in [0.15, 0.2) is 30.6 Å². The Bertz CT molecular complexity index is 378. The second-order valence-corrected chi connectivity index (χ2v) is 3.05. The van der Waals surface area contributed by atoms with Crippen LogP contribution >= 0.6 is 0 Å². The standard InChI is InChI=1S/C10H14N4O2/c1-16-10(15)7-14(12)6-8(11)9-4-2-3-5-13-9/h2-6H,7,11-12H2,1H3/b8-6-. The van der Waals surface area contributed by atoms with Crippen molar-refractivity contribution in [1.82, 2.24) is 9.99 Å². The number of hydrogen-bond donors (Lipinski definition) is 2. The molecule has 0 amide bonds. The van der Waals surface area contributed by atoms with Gasteiger partial charge in [0, 0.05) is 12.4 Å². The molecule has 0 aliphatic carbocycles. The molecule has 6 nitrogen and oxygen atoms in total. The van der Waals surface area contributed by atoms with E-state index in [4.69, 9.17) is 11.6 Å². The van der Waals surface area contributed by atoms with Crippen molar-refractivity contribution in [2.45, 2.75) is 0 Å². The lowest BCUT2D eigenvalue weighted by Crippen LogP contribution is -2.32. The van der Waals surface area contributed by atoms with Crippen molar-refractivity contribution in [3.8, 4) is 0 Å². The minimum Gasteiger partial charge on any atom is -0.468 e. The van der Waals surface area contributed by atoms with E-state index >= 15 is 0 Å². The lowest BCUT2D eigenvalue weighted by molar-refractivity contribution is -0.141. The number of rotatable bonds is 4. The lowest BCUT2D eigenvalue weighted by Gasteiger charge is -2.12. The number of ether oxygens (including phenoxy) is 1. The molecule has 1 aromatic heterocycles. The minimum atomic E-state index is -0.437. The molecule has 0 fully saturated rings. The van der Waals surface area contributed by atoms with Gasteiger partial charge < -0.3 is 15.5 Å². The number of esters is 1. The molecule has 0 bridgehead atoms. The highest BCUT2D eigenvalue weighted by atomic mass is 16.5. The molecule has 0 spiro atoms. The molecule has 1 aromatic rings. The number of aromatic nitrogens is 1. The summed E-state index contributed by atoms with van der Waals surface area (Å²) in [5.74, 6) is 5.10. The molecule has 0 unspecified atom stereocenters. The predicted molar refractivity (Wildman–Crippen MR) is 59.3 cm³/mol. The van der Waals surface area contributed by atoms with Gasteiger partial charge in [0.05, 0.1) is 18.5 Å². The van der Waals surface area contributed by atoms with Crippen molar-refractivity contribution in [1.29, 1.82) is 0 Å². The van der Waals surface area contributed by atoms with Gasteiger partial charge in [-0.2, -0.15) is 0 Å². The fraction of sp³-hybridized carbons (Fsp3) is 0.200. The summed E-state index contributed by atoms with van der Waals surface area (Å²) in [6.45, 7) is -0.0654. The van der Waals surface area contributed by atoms with Crippen LogP contribution in [0.4, 0.5) is 0 Å². The van der Waals surface area contributed by atoms with Crippen LogP contribution in [0.1, 0.15) is 5.69 Å². The maximum atomic E-state index is 10.9. The summed E-state index contributed by atoms with van der Waals surface area (Å²) in [7, 11) is 1.29. The second kappa shape index (κ2) is 5.72. The van der Waals surface area contributed by atoms with Crippen molar-refractivity contribution in [2.24, 2.45) is 11.6 Å². The highest BCUT2D eigenvalue weighted by Crippen LogP contribution is 2.03. The number of methoxy groups -OCH3 is 1. The Kier molecular flexibility index (Phi) is 4.28. The average molecular weight is 222 g/mol. The SMILES string of the molecule is COC(=O)CN(N)/C=C(\N)c1ccccn1. The van der Waals surface area contributed by atoms with Crippen molar-refractivity contribution < 1.29 is 9.53 Å². The second-order valence-electron chi connectivity index (χ2n) is 3.05. The predicted octanol–water partition coefficient (Wildman–Crippen LogP) is -0.313. The van der Waals surface area contributed by atoms with Gasteiger partial charge >= 0.3 is 5.97 Å². The molecule has 0 aromatic carbocycles. The normalized spacial score (nSPS) is 11.0. The number of nitrogens with zero attached hydrogens (tertiary/aromatic N) is 2. The van der Waals surface area contributed by atoms with Gasteiger partial charge in [-0.15, -0.1) is 0 Å². The quantitative estimate of drug-likeness (QED) is 0.412. The summed E-state index contributed by atoms with van der Waals surface area (Å²) < 4.78 is 4.46. The Balaban J connectivity index is 2.66. The number of hydrazine groups is 1. The molecule has 16 heavy (non-hydrogen) atoms. The van der Waals surface area contributed by atoms with Crippen LogP contribution in [-0.2, 0) is 9.53 Å². The summed E-state index contributed by atoms with van der Waals surface area (Å²) in [4.78, 5) is 14.9. The number of nitrogens with two attached hydrogens (primary N) is 2. The molecule has 0 atom stereocenters. The number of hydrogen-bond acceptors (Lipinski definition) is 6. The van der Waals surface area contributed by atoms with Gasteiger partial charge in [0.1, 0.15) is 6.54 Å². The molecule has 0 saturated heterocycles. The Morgan fingerprint density at radius 3 is 2.94 bits per heavy atom. The van der Waals surface area contributed by atoms with Crippen LogP contribution in [0, 0.1) is 0 Å².